The first-order chi connectivity index (χ1) is 14.1. The van der Waals surface area contributed by atoms with E-state index in [1.807, 2.05) is 55.4 Å². The largest absolute Gasteiger partial charge is 0.466 e. The molecule has 0 rings (SSSR count). The molecule has 0 aliphatic rings. The van der Waals surface area contributed by atoms with Gasteiger partial charge in [-0.15, -0.1) is 0 Å². The number of esters is 1. The molecule has 0 saturated carbocycles. The molecule has 0 spiro atoms. The molecule has 6 heteroatoms. The lowest BCUT2D eigenvalue weighted by molar-refractivity contribution is -0.145. The Hall–Kier alpha value is -1.14. The summed E-state index contributed by atoms with van der Waals surface area (Å²) in [6, 6.07) is 0. The number of rotatable bonds is 13. The molecule has 0 aromatic rings. The second kappa shape index (κ2) is 24.1. The molecule has 0 aliphatic heterocycles. The maximum atomic E-state index is 12.2. The van der Waals surface area contributed by atoms with Crippen LogP contribution in [0.4, 0.5) is 0 Å². The van der Waals surface area contributed by atoms with E-state index in [9.17, 15) is 9.59 Å². The summed E-state index contributed by atoms with van der Waals surface area (Å²) in [5.41, 5.74) is -1.12. The highest BCUT2D eigenvalue weighted by Crippen LogP contribution is 2.16. The standard InChI is InChI=1S/C18H35NO5.3C2H6/c1-7-23-15(20)11-9-8-10-13-19-16(21)18(4,5)24-14-12-17(2,3)22-6;3*1-2/h7-14H2,1-6H3,(H,19,21);3*1-2H3. The van der Waals surface area contributed by atoms with Crippen molar-refractivity contribution in [1.82, 2.24) is 5.32 Å². The van der Waals surface area contributed by atoms with Crippen LogP contribution in [0, 0.1) is 0 Å². The van der Waals surface area contributed by atoms with Gasteiger partial charge in [0, 0.05) is 20.1 Å². The van der Waals surface area contributed by atoms with Crippen LogP contribution in [0.2, 0.25) is 0 Å². The molecule has 6 nitrogen and oxygen atoms in total. The maximum absolute atomic E-state index is 12.2. The minimum absolute atomic E-state index is 0.122. The van der Waals surface area contributed by atoms with Crippen LogP contribution in [0.25, 0.3) is 0 Å². The van der Waals surface area contributed by atoms with Gasteiger partial charge in [-0.05, 0) is 53.9 Å². The van der Waals surface area contributed by atoms with Crippen LogP contribution in [-0.2, 0) is 23.8 Å². The van der Waals surface area contributed by atoms with E-state index in [-0.39, 0.29) is 17.5 Å². The first-order valence-electron chi connectivity index (χ1n) is 11.8. The molecule has 30 heavy (non-hydrogen) atoms. The number of carbonyl (C=O) groups excluding carboxylic acids is 2. The van der Waals surface area contributed by atoms with Crippen LogP contribution in [0.5, 0.6) is 0 Å². The normalized spacial score (nSPS) is 10.3. The fraction of sp³-hybridized carbons (Fsp3) is 0.917. The fourth-order valence-corrected chi connectivity index (χ4v) is 1.94. The Kier molecular flexibility index (Phi) is 29.2. The van der Waals surface area contributed by atoms with E-state index in [4.69, 9.17) is 14.2 Å². The zero-order valence-electron chi connectivity index (χ0n) is 22.2. The molecule has 1 N–H and O–H groups in total. The molecule has 0 atom stereocenters. The zero-order chi connectivity index (χ0) is 24.6. The molecule has 0 aromatic heterocycles. The quantitative estimate of drug-likeness (QED) is 0.287. The third-order valence-electron chi connectivity index (χ3n) is 3.91. The van der Waals surface area contributed by atoms with Crippen molar-refractivity contribution in [3.63, 3.8) is 0 Å². The van der Waals surface area contributed by atoms with Gasteiger partial charge in [0.05, 0.1) is 18.8 Å². The predicted molar refractivity (Wildman–Crippen MR) is 128 cm³/mol. The Morgan fingerprint density at radius 3 is 1.87 bits per heavy atom. The van der Waals surface area contributed by atoms with Crippen molar-refractivity contribution in [3.05, 3.63) is 0 Å². The van der Waals surface area contributed by atoms with Crippen LogP contribution >= 0.6 is 0 Å². The van der Waals surface area contributed by atoms with Gasteiger partial charge in [0.15, 0.2) is 0 Å². The Balaban J connectivity index is -0.000000512. The summed E-state index contributed by atoms with van der Waals surface area (Å²) in [7, 11) is 1.67. The highest BCUT2D eigenvalue weighted by molar-refractivity contribution is 5.84. The van der Waals surface area contributed by atoms with Crippen molar-refractivity contribution in [2.75, 3.05) is 26.9 Å². The monoisotopic (exact) mass is 435 g/mol. The lowest BCUT2D eigenvalue weighted by Crippen LogP contribution is -2.45. The van der Waals surface area contributed by atoms with E-state index in [1.54, 1.807) is 27.9 Å². The number of unbranched alkanes of at least 4 members (excludes halogenated alkanes) is 2. The molecule has 0 bridgehead atoms. The molecule has 0 heterocycles. The van der Waals surface area contributed by atoms with Crippen LogP contribution in [0.3, 0.4) is 0 Å². The predicted octanol–water partition coefficient (Wildman–Crippen LogP) is 5.92. The molecule has 184 valence electrons. The van der Waals surface area contributed by atoms with E-state index in [1.165, 1.54) is 0 Å². The lowest BCUT2D eigenvalue weighted by atomic mass is 10.1. The van der Waals surface area contributed by atoms with Gasteiger partial charge in [0.25, 0.3) is 5.91 Å². The number of nitrogens with one attached hydrogen (secondary N) is 1. The van der Waals surface area contributed by atoms with Crippen molar-refractivity contribution in [2.45, 2.75) is 119 Å². The molecule has 0 unspecified atom stereocenters. The van der Waals surface area contributed by atoms with Gasteiger partial charge < -0.3 is 19.5 Å². The number of ether oxygens (including phenoxy) is 3. The summed E-state index contributed by atoms with van der Waals surface area (Å²) in [6.45, 7) is 22.8. The second-order valence-electron chi connectivity index (χ2n) is 6.94. The first kappa shape index (κ1) is 36.2. The van der Waals surface area contributed by atoms with Gasteiger partial charge in [-0.3, -0.25) is 9.59 Å². The lowest BCUT2D eigenvalue weighted by Gasteiger charge is -2.28. The summed E-state index contributed by atoms with van der Waals surface area (Å²) in [5, 5.41) is 2.89. The van der Waals surface area contributed by atoms with Crippen LogP contribution in [0.1, 0.15) is 108 Å². The SMILES string of the molecule is CC.CC.CC.CCOC(=O)CCCCCNC(=O)C(C)(C)OCCC(C)(C)OC. The molecule has 0 fully saturated rings. The number of amides is 1. The smallest absolute Gasteiger partial charge is 0.305 e. The molecule has 0 aromatic carbocycles. The Morgan fingerprint density at radius 1 is 0.867 bits per heavy atom. The molecule has 0 radical (unpaired) electrons. The molecule has 1 amide bonds. The molecule has 0 saturated heterocycles. The second-order valence-corrected chi connectivity index (χ2v) is 6.94. The number of methoxy groups -OCH3 is 1. The number of hydrogen-bond donors (Lipinski definition) is 1. The van der Waals surface area contributed by atoms with Gasteiger partial charge in [0.2, 0.25) is 0 Å². The molecular weight excluding hydrogens is 382 g/mol. The highest BCUT2D eigenvalue weighted by Gasteiger charge is 2.29. The molecular formula is C24H53NO5. The highest BCUT2D eigenvalue weighted by atomic mass is 16.5. The van der Waals surface area contributed by atoms with Crippen molar-refractivity contribution in [1.29, 1.82) is 0 Å². The maximum Gasteiger partial charge on any atom is 0.305 e. The van der Waals surface area contributed by atoms with Gasteiger partial charge in [0.1, 0.15) is 5.60 Å². The topological polar surface area (TPSA) is 73.9 Å². The third kappa shape index (κ3) is 23.1. The average Bonchev–Trinajstić information content (AvgIpc) is 2.74. The van der Waals surface area contributed by atoms with E-state index in [2.05, 4.69) is 5.32 Å². The Labute approximate surface area is 187 Å². The van der Waals surface area contributed by atoms with E-state index in [0.717, 1.165) is 19.3 Å². The number of hydrogen-bond acceptors (Lipinski definition) is 5. The number of carbonyl (C=O) groups is 2. The van der Waals surface area contributed by atoms with Gasteiger partial charge in [-0.25, -0.2) is 0 Å². The summed E-state index contributed by atoms with van der Waals surface area (Å²) in [5.74, 6) is -0.279. The fourth-order valence-electron chi connectivity index (χ4n) is 1.94. The summed E-state index contributed by atoms with van der Waals surface area (Å²) >= 11 is 0. The average molecular weight is 436 g/mol. The zero-order valence-corrected chi connectivity index (χ0v) is 22.2. The first-order valence-corrected chi connectivity index (χ1v) is 11.8. The minimum atomic E-state index is -0.866. The minimum Gasteiger partial charge on any atom is -0.466 e. The summed E-state index contributed by atoms with van der Waals surface area (Å²) < 4.78 is 15.9. The van der Waals surface area contributed by atoms with Gasteiger partial charge in [-0.1, -0.05) is 48.0 Å². The van der Waals surface area contributed by atoms with E-state index < -0.39 is 5.60 Å². The Bertz CT molecular complexity index is 382. The van der Waals surface area contributed by atoms with E-state index >= 15 is 0 Å². The van der Waals surface area contributed by atoms with Crippen molar-refractivity contribution < 1.29 is 23.8 Å². The van der Waals surface area contributed by atoms with E-state index in [0.29, 0.717) is 32.6 Å². The summed E-state index contributed by atoms with van der Waals surface area (Å²) in [6.07, 6.45) is 3.64. The van der Waals surface area contributed by atoms with Crippen LogP contribution in [0.15, 0.2) is 0 Å². The Morgan fingerprint density at radius 2 is 1.40 bits per heavy atom. The van der Waals surface area contributed by atoms with Crippen LogP contribution in [-0.4, -0.2) is 49.9 Å². The third-order valence-corrected chi connectivity index (χ3v) is 3.91. The summed E-state index contributed by atoms with van der Waals surface area (Å²) in [4.78, 5) is 23.4. The van der Waals surface area contributed by atoms with Gasteiger partial charge in [-0.2, -0.15) is 0 Å². The van der Waals surface area contributed by atoms with Gasteiger partial charge >= 0.3 is 5.97 Å². The molecule has 0 aliphatic carbocycles. The van der Waals surface area contributed by atoms with Crippen molar-refractivity contribution >= 4 is 11.9 Å². The van der Waals surface area contributed by atoms with Crippen LogP contribution < -0.4 is 5.32 Å². The van der Waals surface area contributed by atoms with Crippen molar-refractivity contribution in [3.8, 4) is 0 Å². The van der Waals surface area contributed by atoms with Crippen molar-refractivity contribution in [2.24, 2.45) is 0 Å².